The van der Waals surface area contributed by atoms with Gasteiger partial charge in [-0.1, -0.05) is 17.7 Å². The van der Waals surface area contributed by atoms with Crippen LogP contribution in [0.5, 0.6) is 0 Å². The van der Waals surface area contributed by atoms with Crippen molar-refractivity contribution in [1.29, 1.82) is 0 Å². The summed E-state index contributed by atoms with van der Waals surface area (Å²) in [6.45, 7) is 7.13. The number of nitrogens with one attached hydrogen (secondary N) is 1. The second-order valence-corrected chi connectivity index (χ2v) is 5.20. The number of aromatic nitrogens is 1. The molecule has 0 aliphatic rings. The van der Waals surface area contributed by atoms with Gasteiger partial charge >= 0.3 is 0 Å². The first-order valence-electron chi connectivity index (χ1n) is 6.11. The highest BCUT2D eigenvalue weighted by atomic mass is 35.5. The number of benzene rings is 1. The highest BCUT2D eigenvalue weighted by molar-refractivity contribution is 6.33. The number of halogens is 1. The summed E-state index contributed by atoms with van der Waals surface area (Å²) in [6.07, 6.45) is 0. The predicted octanol–water partition coefficient (Wildman–Crippen LogP) is 4.22. The molecule has 1 aromatic carbocycles. The molecule has 0 amide bonds. The number of nitrogens with zero attached hydrogens (tertiary/aromatic N) is 1. The van der Waals surface area contributed by atoms with Gasteiger partial charge in [0.2, 0.25) is 0 Å². The van der Waals surface area contributed by atoms with Gasteiger partial charge in [-0.3, -0.25) is 0 Å². The SMILES string of the molecule is Cc1ccc(Cl)c(NCc2cc(C)n(C)c2C)c1. The largest absolute Gasteiger partial charge is 0.380 e. The summed E-state index contributed by atoms with van der Waals surface area (Å²) >= 11 is 6.17. The summed E-state index contributed by atoms with van der Waals surface area (Å²) in [5.41, 5.74) is 6.09. The van der Waals surface area contributed by atoms with E-state index in [1.807, 2.05) is 12.1 Å². The third-order valence-corrected chi connectivity index (χ3v) is 3.80. The van der Waals surface area contributed by atoms with Crippen LogP contribution in [0.1, 0.15) is 22.5 Å². The summed E-state index contributed by atoms with van der Waals surface area (Å²) in [6, 6.07) is 8.24. The molecule has 0 atom stereocenters. The average Bonchev–Trinajstić information content (AvgIpc) is 2.58. The van der Waals surface area contributed by atoms with Crippen LogP contribution >= 0.6 is 11.6 Å². The first-order chi connectivity index (χ1) is 8.49. The molecule has 18 heavy (non-hydrogen) atoms. The Morgan fingerprint density at radius 3 is 2.50 bits per heavy atom. The van der Waals surface area contributed by atoms with Gasteiger partial charge in [-0.15, -0.1) is 0 Å². The zero-order valence-corrected chi connectivity index (χ0v) is 12.1. The van der Waals surface area contributed by atoms with Crippen molar-refractivity contribution in [3.05, 3.63) is 51.8 Å². The molecule has 0 spiro atoms. The van der Waals surface area contributed by atoms with Crippen molar-refractivity contribution in [2.24, 2.45) is 7.05 Å². The summed E-state index contributed by atoms with van der Waals surface area (Å²) < 4.78 is 2.20. The molecule has 0 radical (unpaired) electrons. The molecule has 0 aliphatic heterocycles. The Kier molecular flexibility index (Phi) is 3.67. The van der Waals surface area contributed by atoms with Crippen LogP contribution in [-0.2, 0) is 13.6 Å². The molecule has 0 aliphatic carbocycles. The van der Waals surface area contributed by atoms with Crippen LogP contribution in [-0.4, -0.2) is 4.57 Å². The van der Waals surface area contributed by atoms with E-state index in [1.165, 1.54) is 22.5 Å². The van der Waals surface area contributed by atoms with Gasteiger partial charge in [0, 0.05) is 25.0 Å². The average molecular weight is 263 g/mol. The molecule has 2 nitrogen and oxygen atoms in total. The van der Waals surface area contributed by atoms with Crippen LogP contribution < -0.4 is 5.32 Å². The molecule has 2 rings (SSSR count). The zero-order chi connectivity index (χ0) is 13.3. The van der Waals surface area contributed by atoms with E-state index in [9.17, 15) is 0 Å². The lowest BCUT2D eigenvalue weighted by Crippen LogP contribution is -2.02. The fraction of sp³-hybridized carbons (Fsp3) is 0.333. The van der Waals surface area contributed by atoms with Crippen molar-refractivity contribution in [3.63, 3.8) is 0 Å². The minimum absolute atomic E-state index is 0.769. The van der Waals surface area contributed by atoms with Gasteiger partial charge in [0.1, 0.15) is 0 Å². The summed E-state index contributed by atoms with van der Waals surface area (Å²) in [7, 11) is 2.09. The molecule has 0 unspecified atom stereocenters. The predicted molar refractivity (Wildman–Crippen MR) is 78.4 cm³/mol. The first-order valence-corrected chi connectivity index (χ1v) is 6.48. The van der Waals surface area contributed by atoms with Crippen molar-refractivity contribution < 1.29 is 0 Å². The van der Waals surface area contributed by atoms with Gasteiger partial charge in [0.25, 0.3) is 0 Å². The maximum Gasteiger partial charge on any atom is 0.0637 e. The Balaban J connectivity index is 2.16. The lowest BCUT2D eigenvalue weighted by Gasteiger charge is -2.09. The first kappa shape index (κ1) is 13.0. The topological polar surface area (TPSA) is 17.0 Å². The minimum Gasteiger partial charge on any atom is -0.380 e. The van der Waals surface area contributed by atoms with E-state index in [1.54, 1.807) is 0 Å². The van der Waals surface area contributed by atoms with Gasteiger partial charge < -0.3 is 9.88 Å². The Morgan fingerprint density at radius 1 is 1.17 bits per heavy atom. The molecule has 3 heteroatoms. The molecule has 1 aromatic heterocycles. The molecule has 0 fully saturated rings. The van der Waals surface area contributed by atoms with E-state index in [4.69, 9.17) is 11.6 Å². The third kappa shape index (κ3) is 2.54. The van der Waals surface area contributed by atoms with Gasteiger partial charge in [-0.2, -0.15) is 0 Å². The Labute approximate surface area is 114 Å². The Hall–Kier alpha value is -1.41. The van der Waals surface area contributed by atoms with Crippen LogP contribution in [0.2, 0.25) is 5.02 Å². The molecular weight excluding hydrogens is 244 g/mol. The van der Waals surface area contributed by atoms with Crippen molar-refractivity contribution >= 4 is 17.3 Å². The number of rotatable bonds is 3. The maximum atomic E-state index is 6.17. The van der Waals surface area contributed by atoms with Gasteiger partial charge in [-0.25, -0.2) is 0 Å². The van der Waals surface area contributed by atoms with Gasteiger partial charge in [0.15, 0.2) is 0 Å². The molecule has 0 saturated heterocycles. The maximum absolute atomic E-state index is 6.17. The Morgan fingerprint density at radius 2 is 1.89 bits per heavy atom. The van der Waals surface area contributed by atoms with Crippen molar-refractivity contribution in [2.45, 2.75) is 27.3 Å². The van der Waals surface area contributed by atoms with Crippen LogP contribution in [0, 0.1) is 20.8 Å². The van der Waals surface area contributed by atoms with Gasteiger partial charge in [-0.05, 0) is 50.1 Å². The molecule has 1 N–H and O–H groups in total. The number of hydrogen-bond donors (Lipinski definition) is 1. The molecule has 1 heterocycles. The summed E-state index contributed by atoms with van der Waals surface area (Å²) in [4.78, 5) is 0. The van der Waals surface area contributed by atoms with E-state index in [2.05, 4.69) is 49.8 Å². The van der Waals surface area contributed by atoms with E-state index in [0.717, 1.165) is 17.3 Å². The van der Waals surface area contributed by atoms with E-state index in [0.29, 0.717) is 0 Å². The minimum atomic E-state index is 0.769. The number of hydrogen-bond acceptors (Lipinski definition) is 1. The van der Waals surface area contributed by atoms with Crippen molar-refractivity contribution in [3.8, 4) is 0 Å². The fourth-order valence-electron chi connectivity index (χ4n) is 2.08. The summed E-state index contributed by atoms with van der Waals surface area (Å²) in [5, 5.41) is 4.18. The lowest BCUT2D eigenvalue weighted by atomic mass is 10.2. The quantitative estimate of drug-likeness (QED) is 0.877. The van der Waals surface area contributed by atoms with Crippen LogP contribution in [0.4, 0.5) is 5.69 Å². The van der Waals surface area contributed by atoms with E-state index < -0.39 is 0 Å². The van der Waals surface area contributed by atoms with Crippen LogP contribution in [0.15, 0.2) is 24.3 Å². The standard InChI is InChI=1S/C15H19ClN2/c1-10-5-6-14(16)15(7-10)17-9-13-8-11(2)18(4)12(13)3/h5-8,17H,9H2,1-4H3. The zero-order valence-electron chi connectivity index (χ0n) is 11.3. The molecule has 0 saturated carbocycles. The number of aryl methyl sites for hydroxylation is 2. The second kappa shape index (κ2) is 5.07. The van der Waals surface area contributed by atoms with Crippen molar-refractivity contribution in [2.75, 3.05) is 5.32 Å². The molecule has 2 aromatic rings. The fourth-order valence-corrected chi connectivity index (χ4v) is 2.26. The molecular formula is C15H19ClN2. The Bertz CT molecular complexity index is 570. The van der Waals surface area contributed by atoms with Crippen LogP contribution in [0.3, 0.4) is 0 Å². The third-order valence-electron chi connectivity index (χ3n) is 3.47. The van der Waals surface area contributed by atoms with Gasteiger partial charge in [0.05, 0.1) is 10.7 Å². The lowest BCUT2D eigenvalue weighted by molar-refractivity contribution is 0.837. The van der Waals surface area contributed by atoms with Crippen LogP contribution in [0.25, 0.3) is 0 Å². The normalized spacial score (nSPS) is 10.7. The molecule has 96 valence electrons. The molecule has 0 bridgehead atoms. The smallest absolute Gasteiger partial charge is 0.0637 e. The second-order valence-electron chi connectivity index (χ2n) is 4.79. The number of anilines is 1. The van der Waals surface area contributed by atoms with E-state index >= 15 is 0 Å². The van der Waals surface area contributed by atoms with E-state index in [-0.39, 0.29) is 0 Å². The van der Waals surface area contributed by atoms with Crippen molar-refractivity contribution in [1.82, 2.24) is 4.57 Å². The highest BCUT2D eigenvalue weighted by Crippen LogP contribution is 2.24. The highest BCUT2D eigenvalue weighted by Gasteiger charge is 2.06. The monoisotopic (exact) mass is 262 g/mol. The summed E-state index contributed by atoms with van der Waals surface area (Å²) in [5.74, 6) is 0.